The standard InChI is InChI=1S/C21H25ClN4O/c1-2-23-21(26-14-11-16-7-3-4-8-17(16)15-26)25-13-12-24-20(27)18-9-5-6-10-19(18)22/h3-10H,2,11-15H2,1H3,(H,23,25)(H,24,27). The highest BCUT2D eigenvalue weighted by Gasteiger charge is 2.18. The molecule has 2 N–H and O–H groups in total. The van der Waals surface area contributed by atoms with Crippen LogP contribution in [0.15, 0.2) is 53.5 Å². The first kappa shape index (κ1) is 19.2. The van der Waals surface area contributed by atoms with Gasteiger partial charge in [-0.2, -0.15) is 0 Å². The third-order valence-corrected chi connectivity index (χ3v) is 4.87. The highest BCUT2D eigenvalue weighted by molar-refractivity contribution is 6.33. The zero-order valence-corrected chi connectivity index (χ0v) is 16.3. The van der Waals surface area contributed by atoms with E-state index in [9.17, 15) is 4.79 Å². The number of halogens is 1. The minimum absolute atomic E-state index is 0.173. The molecule has 3 rings (SSSR count). The second-order valence-corrected chi connectivity index (χ2v) is 6.82. The van der Waals surface area contributed by atoms with Crippen molar-refractivity contribution in [2.24, 2.45) is 4.99 Å². The van der Waals surface area contributed by atoms with Crippen LogP contribution in [0.4, 0.5) is 0 Å². The van der Waals surface area contributed by atoms with Crippen molar-refractivity contribution in [2.45, 2.75) is 19.9 Å². The number of aliphatic imine (C=N–C) groups is 1. The van der Waals surface area contributed by atoms with Crippen LogP contribution in [0.3, 0.4) is 0 Å². The summed E-state index contributed by atoms with van der Waals surface area (Å²) < 4.78 is 0. The van der Waals surface area contributed by atoms with Crippen LogP contribution < -0.4 is 10.6 Å². The minimum Gasteiger partial charge on any atom is -0.357 e. The van der Waals surface area contributed by atoms with E-state index in [1.165, 1.54) is 11.1 Å². The Labute approximate surface area is 165 Å². The van der Waals surface area contributed by atoms with Crippen LogP contribution in [0, 0.1) is 0 Å². The second-order valence-electron chi connectivity index (χ2n) is 6.41. The normalized spacial score (nSPS) is 13.9. The van der Waals surface area contributed by atoms with Gasteiger partial charge in [0.15, 0.2) is 5.96 Å². The smallest absolute Gasteiger partial charge is 0.252 e. The molecule has 1 amide bonds. The van der Waals surface area contributed by atoms with Gasteiger partial charge in [0.05, 0.1) is 17.1 Å². The van der Waals surface area contributed by atoms with Crippen LogP contribution in [-0.4, -0.2) is 42.9 Å². The Balaban J connectivity index is 1.57. The number of rotatable bonds is 5. The number of benzene rings is 2. The molecule has 142 valence electrons. The Kier molecular flexibility index (Phi) is 6.71. The van der Waals surface area contributed by atoms with Crippen molar-refractivity contribution in [3.63, 3.8) is 0 Å². The van der Waals surface area contributed by atoms with Crippen molar-refractivity contribution in [2.75, 3.05) is 26.2 Å². The maximum absolute atomic E-state index is 12.2. The molecule has 0 bridgehead atoms. The zero-order chi connectivity index (χ0) is 19.1. The molecule has 1 heterocycles. The number of amides is 1. The number of carbonyl (C=O) groups is 1. The van der Waals surface area contributed by atoms with E-state index in [0.717, 1.165) is 32.0 Å². The molecule has 0 fully saturated rings. The van der Waals surface area contributed by atoms with E-state index in [1.807, 2.05) is 6.07 Å². The van der Waals surface area contributed by atoms with Gasteiger partial charge in [0.2, 0.25) is 0 Å². The van der Waals surface area contributed by atoms with Crippen LogP contribution in [0.25, 0.3) is 0 Å². The largest absolute Gasteiger partial charge is 0.357 e. The molecule has 27 heavy (non-hydrogen) atoms. The lowest BCUT2D eigenvalue weighted by Gasteiger charge is -2.31. The Bertz CT molecular complexity index is 821. The van der Waals surface area contributed by atoms with Crippen molar-refractivity contribution >= 4 is 23.5 Å². The number of guanidine groups is 1. The number of carbonyl (C=O) groups excluding carboxylic acids is 1. The predicted molar refractivity (Wildman–Crippen MR) is 110 cm³/mol. The first-order valence-electron chi connectivity index (χ1n) is 9.32. The van der Waals surface area contributed by atoms with Gasteiger partial charge in [-0.3, -0.25) is 9.79 Å². The molecule has 1 aliphatic rings. The van der Waals surface area contributed by atoms with Gasteiger partial charge in [0.1, 0.15) is 0 Å². The van der Waals surface area contributed by atoms with Crippen molar-refractivity contribution in [1.29, 1.82) is 0 Å². The molecule has 0 aliphatic carbocycles. The maximum Gasteiger partial charge on any atom is 0.252 e. The lowest BCUT2D eigenvalue weighted by Crippen LogP contribution is -2.44. The molecule has 0 aromatic heterocycles. The molecule has 0 unspecified atom stereocenters. The average Bonchev–Trinajstić information content (AvgIpc) is 2.70. The third-order valence-electron chi connectivity index (χ3n) is 4.54. The van der Waals surface area contributed by atoms with E-state index < -0.39 is 0 Å². The van der Waals surface area contributed by atoms with Gasteiger partial charge in [-0.15, -0.1) is 0 Å². The molecule has 5 nitrogen and oxygen atoms in total. The average molecular weight is 385 g/mol. The summed E-state index contributed by atoms with van der Waals surface area (Å²) in [5.41, 5.74) is 3.25. The highest BCUT2D eigenvalue weighted by Crippen LogP contribution is 2.18. The summed E-state index contributed by atoms with van der Waals surface area (Å²) in [5.74, 6) is 0.715. The SMILES string of the molecule is CCNC(=NCCNC(=O)c1ccccc1Cl)N1CCc2ccccc2C1. The summed E-state index contributed by atoms with van der Waals surface area (Å²) in [6.07, 6.45) is 1.02. The van der Waals surface area contributed by atoms with E-state index in [4.69, 9.17) is 11.6 Å². The molecule has 0 spiro atoms. The Morgan fingerprint density at radius 2 is 1.85 bits per heavy atom. The van der Waals surface area contributed by atoms with Crippen molar-refractivity contribution < 1.29 is 4.79 Å². The van der Waals surface area contributed by atoms with Crippen LogP contribution >= 0.6 is 11.6 Å². The van der Waals surface area contributed by atoms with E-state index in [-0.39, 0.29) is 5.91 Å². The molecule has 0 saturated heterocycles. The molecular formula is C21H25ClN4O. The van der Waals surface area contributed by atoms with Crippen LogP contribution in [0.1, 0.15) is 28.4 Å². The van der Waals surface area contributed by atoms with E-state index in [2.05, 4.69) is 51.7 Å². The lowest BCUT2D eigenvalue weighted by molar-refractivity contribution is 0.0955. The minimum atomic E-state index is -0.173. The van der Waals surface area contributed by atoms with E-state index >= 15 is 0 Å². The summed E-state index contributed by atoms with van der Waals surface area (Å²) in [7, 11) is 0. The van der Waals surface area contributed by atoms with E-state index in [0.29, 0.717) is 23.7 Å². The topological polar surface area (TPSA) is 56.7 Å². The molecule has 0 radical (unpaired) electrons. The third kappa shape index (κ3) is 5.01. The first-order valence-corrected chi connectivity index (χ1v) is 9.69. The molecule has 0 saturated carbocycles. The summed E-state index contributed by atoms with van der Waals surface area (Å²) in [5, 5.41) is 6.69. The quantitative estimate of drug-likeness (QED) is 0.473. The van der Waals surface area contributed by atoms with Crippen LogP contribution in [0.2, 0.25) is 5.02 Å². The van der Waals surface area contributed by atoms with Crippen LogP contribution in [-0.2, 0) is 13.0 Å². The monoisotopic (exact) mass is 384 g/mol. The summed E-state index contributed by atoms with van der Waals surface area (Å²) in [6, 6.07) is 15.6. The second kappa shape index (κ2) is 9.42. The van der Waals surface area contributed by atoms with Gasteiger partial charge < -0.3 is 15.5 Å². The molecule has 1 aliphatic heterocycles. The fourth-order valence-electron chi connectivity index (χ4n) is 3.17. The Morgan fingerprint density at radius 3 is 2.63 bits per heavy atom. The molecular weight excluding hydrogens is 360 g/mol. The van der Waals surface area contributed by atoms with Crippen molar-refractivity contribution in [1.82, 2.24) is 15.5 Å². The molecule has 2 aromatic carbocycles. The van der Waals surface area contributed by atoms with Gasteiger partial charge >= 0.3 is 0 Å². The number of nitrogens with one attached hydrogen (secondary N) is 2. The number of fused-ring (bicyclic) bond motifs is 1. The van der Waals surface area contributed by atoms with Crippen molar-refractivity contribution in [3.05, 3.63) is 70.2 Å². The fourth-order valence-corrected chi connectivity index (χ4v) is 3.40. The van der Waals surface area contributed by atoms with Crippen LogP contribution in [0.5, 0.6) is 0 Å². The molecule has 2 aromatic rings. The van der Waals surface area contributed by atoms with Crippen molar-refractivity contribution in [3.8, 4) is 0 Å². The number of hydrogen-bond donors (Lipinski definition) is 2. The van der Waals surface area contributed by atoms with Gasteiger partial charge in [-0.05, 0) is 36.6 Å². The zero-order valence-electron chi connectivity index (χ0n) is 15.5. The fraction of sp³-hybridized carbons (Fsp3) is 0.333. The number of hydrogen-bond acceptors (Lipinski definition) is 2. The summed E-state index contributed by atoms with van der Waals surface area (Å²) in [4.78, 5) is 19.2. The highest BCUT2D eigenvalue weighted by atomic mass is 35.5. The number of nitrogens with zero attached hydrogens (tertiary/aromatic N) is 2. The lowest BCUT2D eigenvalue weighted by atomic mass is 10.0. The predicted octanol–water partition coefficient (Wildman–Crippen LogP) is 3.09. The Hall–Kier alpha value is -2.53. The summed E-state index contributed by atoms with van der Waals surface area (Å²) >= 11 is 6.06. The first-order chi connectivity index (χ1) is 13.2. The van der Waals surface area contributed by atoms with Gasteiger partial charge in [0.25, 0.3) is 5.91 Å². The Morgan fingerprint density at radius 1 is 1.11 bits per heavy atom. The van der Waals surface area contributed by atoms with Gasteiger partial charge in [0, 0.05) is 26.2 Å². The van der Waals surface area contributed by atoms with E-state index in [1.54, 1.807) is 18.2 Å². The molecule has 0 atom stereocenters. The van der Waals surface area contributed by atoms with Gasteiger partial charge in [-0.25, -0.2) is 0 Å². The molecule has 6 heteroatoms. The summed E-state index contributed by atoms with van der Waals surface area (Å²) in [6.45, 7) is 5.64. The van der Waals surface area contributed by atoms with Gasteiger partial charge in [-0.1, -0.05) is 48.0 Å². The maximum atomic E-state index is 12.2.